The molecule has 0 aromatic carbocycles. The van der Waals surface area contributed by atoms with Crippen molar-refractivity contribution >= 4 is 5.97 Å². The molecule has 2 saturated carbocycles. The Balaban J connectivity index is 1.66. The number of carbonyl (C=O) groups is 1. The number of hydrogen-bond acceptors (Lipinski definition) is 4. The molecule has 2 unspecified atom stereocenters. The molecule has 15 heavy (non-hydrogen) atoms. The SMILES string of the molecule is O=C(O)C1CC1c1nc(CC2CC2)no1. The fourth-order valence-electron chi connectivity index (χ4n) is 1.82. The highest BCUT2D eigenvalue weighted by Gasteiger charge is 2.48. The molecule has 1 aromatic rings. The third-order valence-electron chi connectivity index (χ3n) is 3.08. The Morgan fingerprint density at radius 2 is 2.33 bits per heavy atom. The summed E-state index contributed by atoms with van der Waals surface area (Å²) < 4.78 is 5.07. The third kappa shape index (κ3) is 1.73. The first kappa shape index (κ1) is 8.88. The van der Waals surface area contributed by atoms with Gasteiger partial charge in [-0.1, -0.05) is 5.16 Å². The summed E-state index contributed by atoms with van der Waals surface area (Å²) in [4.78, 5) is 14.9. The Kier molecular flexibility index (Phi) is 1.81. The van der Waals surface area contributed by atoms with Crippen molar-refractivity contribution in [3.8, 4) is 0 Å². The smallest absolute Gasteiger partial charge is 0.307 e. The van der Waals surface area contributed by atoms with E-state index in [0.29, 0.717) is 12.3 Å². The van der Waals surface area contributed by atoms with E-state index in [9.17, 15) is 4.79 Å². The Bertz CT molecular complexity index is 397. The second-order valence-corrected chi connectivity index (χ2v) is 4.48. The maximum Gasteiger partial charge on any atom is 0.307 e. The zero-order valence-electron chi connectivity index (χ0n) is 8.22. The zero-order valence-corrected chi connectivity index (χ0v) is 8.22. The van der Waals surface area contributed by atoms with Crippen molar-refractivity contribution in [3.63, 3.8) is 0 Å². The summed E-state index contributed by atoms with van der Waals surface area (Å²) in [7, 11) is 0. The summed E-state index contributed by atoms with van der Waals surface area (Å²) in [6.07, 6.45) is 4.03. The number of carboxylic acid groups (broad SMARTS) is 1. The van der Waals surface area contributed by atoms with Crippen LogP contribution in [-0.2, 0) is 11.2 Å². The van der Waals surface area contributed by atoms with Crippen LogP contribution in [0.5, 0.6) is 0 Å². The molecule has 3 rings (SSSR count). The molecule has 2 atom stereocenters. The largest absolute Gasteiger partial charge is 0.481 e. The molecule has 0 spiro atoms. The van der Waals surface area contributed by atoms with Crippen LogP contribution in [0.3, 0.4) is 0 Å². The van der Waals surface area contributed by atoms with Crippen LogP contribution in [0.15, 0.2) is 4.52 Å². The minimum absolute atomic E-state index is 0.0389. The number of aromatic nitrogens is 2. The first-order chi connectivity index (χ1) is 7.24. The molecule has 2 aliphatic rings. The third-order valence-corrected chi connectivity index (χ3v) is 3.08. The Labute approximate surface area is 86.5 Å². The Morgan fingerprint density at radius 1 is 1.53 bits per heavy atom. The van der Waals surface area contributed by atoms with Gasteiger partial charge in [0.25, 0.3) is 0 Å². The van der Waals surface area contributed by atoms with E-state index in [1.807, 2.05) is 0 Å². The van der Waals surface area contributed by atoms with Gasteiger partial charge in [0.05, 0.1) is 11.8 Å². The van der Waals surface area contributed by atoms with Gasteiger partial charge in [0.1, 0.15) is 0 Å². The van der Waals surface area contributed by atoms with Gasteiger partial charge in [0.2, 0.25) is 5.89 Å². The van der Waals surface area contributed by atoms with Crippen LogP contribution in [0.1, 0.15) is 36.9 Å². The van der Waals surface area contributed by atoms with Gasteiger partial charge in [-0.25, -0.2) is 0 Å². The minimum Gasteiger partial charge on any atom is -0.481 e. The lowest BCUT2D eigenvalue weighted by Crippen LogP contribution is -1.99. The first-order valence-electron chi connectivity index (χ1n) is 5.29. The quantitative estimate of drug-likeness (QED) is 0.804. The van der Waals surface area contributed by atoms with Crippen molar-refractivity contribution in [2.24, 2.45) is 11.8 Å². The number of nitrogens with zero attached hydrogens (tertiary/aromatic N) is 2. The molecule has 80 valence electrons. The molecule has 2 fully saturated rings. The molecule has 0 amide bonds. The van der Waals surface area contributed by atoms with E-state index in [4.69, 9.17) is 9.63 Å². The van der Waals surface area contributed by atoms with E-state index in [2.05, 4.69) is 10.1 Å². The summed E-state index contributed by atoms with van der Waals surface area (Å²) in [6, 6.07) is 0. The molecule has 5 nitrogen and oxygen atoms in total. The zero-order chi connectivity index (χ0) is 10.4. The molecule has 0 radical (unpaired) electrons. The van der Waals surface area contributed by atoms with Gasteiger partial charge < -0.3 is 9.63 Å². The highest BCUT2D eigenvalue weighted by Crippen LogP contribution is 2.46. The molecular formula is C10H12N2O3. The van der Waals surface area contributed by atoms with Crippen molar-refractivity contribution in [1.82, 2.24) is 10.1 Å². The van der Waals surface area contributed by atoms with Crippen LogP contribution in [0, 0.1) is 11.8 Å². The predicted molar refractivity (Wildman–Crippen MR) is 49.2 cm³/mol. The average molecular weight is 208 g/mol. The molecule has 1 aromatic heterocycles. The van der Waals surface area contributed by atoms with Gasteiger partial charge in [-0.3, -0.25) is 4.79 Å². The van der Waals surface area contributed by atoms with Gasteiger partial charge >= 0.3 is 5.97 Å². The molecule has 5 heteroatoms. The van der Waals surface area contributed by atoms with Gasteiger partial charge in [0, 0.05) is 6.42 Å². The molecule has 0 bridgehead atoms. The second-order valence-electron chi connectivity index (χ2n) is 4.48. The predicted octanol–water partition coefficient (Wildman–Crippen LogP) is 1.21. The van der Waals surface area contributed by atoms with Crippen LogP contribution in [0.25, 0.3) is 0 Å². The first-order valence-corrected chi connectivity index (χ1v) is 5.29. The number of rotatable bonds is 4. The van der Waals surface area contributed by atoms with Crippen LogP contribution in [0.2, 0.25) is 0 Å². The van der Waals surface area contributed by atoms with E-state index in [0.717, 1.165) is 18.2 Å². The van der Waals surface area contributed by atoms with Gasteiger partial charge in [-0.2, -0.15) is 4.98 Å². The standard InChI is InChI=1S/C10H12N2O3/c13-10(14)7-4-6(7)9-11-8(12-15-9)3-5-1-2-5/h5-7H,1-4H2,(H,13,14). The number of aliphatic carboxylic acids is 1. The maximum atomic E-state index is 10.7. The van der Waals surface area contributed by atoms with E-state index in [1.165, 1.54) is 12.8 Å². The van der Waals surface area contributed by atoms with Crippen LogP contribution >= 0.6 is 0 Å². The van der Waals surface area contributed by atoms with Crippen molar-refractivity contribution in [1.29, 1.82) is 0 Å². The molecule has 1 heterocycles. The minimum atomic E-state index is -0.762. The summed E-state index contributed by atoms with van der Waals surface area (Å²) in [5, 5.41) is 12.6. The van der Waals surface area contributed by atoms with Crippen molar-refractivity contribution in [2.75, 3.05) is 0 Å². The van der Waals surface area contributed by atoms with E-state index >= 15 is 0 Å². The van der Waals surface area contributed by atoms with Crippen LogP contribution < -0.4 is 0 Å². The van der Waals surface area contributed by atoms with Gasteiger partial charge in [-0.15, -0.1) is 0 Å². The fraction of sp³-hybridized carbons (Fsp3) is 0.700. The Hall–Kier alpha value is -1.39. The topological polar surface area (TPSA) is 76.2 Å². The number of hydrogen-bond donors (Lipinski definition) is 1. The molecule has 0 saturated heterocycles. The van der Waals surface area contributed by atoms with Gasteiger partial charge in [-0.05, 0) is 25.2 Å². The van der Waals surface area contributed by atoms with Crippen molar-refractivity contribution in [3.05, 3.63) is 11.7 Å². The summed E-state index contributed by atoms with van der Waals surface area (Å²) in [5.41, 5.74) is 0. The molecule has 0 aliphatic heterocycles. The number of carboxylic acids is 1. The highest BCUT2D eigenvalue weighted by molar-refractivity contribution is 5.74. The lowest BCUT2D eigenvalue weighted by atomic mass is 10.3. The van der Waals surface area contributed by atoms with Crippen LogP contribution in [0.4, 0.5) is 0 Å². The summed E-state index contributed by atoms with van der Waals surface area (Å²) in [6.45, 7) is 0. The van der Waals surface area contributed by atoms with Gasteiger partial charge in [0.15, 0.2) is 5.82 Å². The van der Waals surface area contributed by atoms with Crippen molar-refractivity contribution in [2.45, 2.75) is 31.6 Å². The van der Waals surface area contributed by atoms with E-state index < -0.39 is 5.97 Å². The lowest BCUT2D eigenvalue weighted by molar-refractivity contribution is -0.138. The molecule has 2 aliphatic carbocycles. The Morgan fingerprint density at radius 3 is 2.93 bits per heavy atom. The van der Waals surface area contributed by atoms with E-state index in [1.54, 1.807) is 0 Å². The average Bonchev–Trinajstić information content (AvgIpc) is 3.06. The maximum absolute atomic E-state index is 10.7. The normalized spacial score (nSPS) is 29.1. The second kappa shape index (κ2) is 3.05. The highest BCUT2D eigenvalue weighted by atomic mass is 16.5. The van der Waals surface area contributed by atoms with E-state index in [-0.39, 0.29) is 11.8 Å². The molecule has 1 N–H and O–H groups in total. The monoisotopic (exact) mass is 208 g/mol. The van der Waals surface area contributed by atoms with Crippen molar-refractivity contribution < 1.29 is 14.4 Å². The lowest BCUT2D eigenvalue weighted by Gasteiger charge is -1.87. The molecular weight excluding hydrogens is 196 g/mol. The summed E-state index contributed by atoms with van der Waals surface area (Å²) >= 11 is 0. The van der Waals surface area contributed by atoms with Crippen LogP contribution in [-0.4, -0.2) is 21.2 Å². The summed E-state index contributed by atoms with van der Waals surface area (Å²) in [5.74, 6) is 0.871. The fourth-order valence-corrected chi connectivity index (χ4v) is 1.82.